The van der Waals surface area contributed by atoms with E-state index in [9.17, 15) is 4.79 Å². The maximum atomic E-state index is 13.1. The second-order valence-electron chi connectivity index (χ2n) is 8.81. The predicted octanol–water partition coefficient (Wildman–Crippen LogP) is 3.43. The van der Waals surface area contributed by atoms with Gasteiger partial charge in [0.15, 0.2) is 0 Å². The molecule has 3 aliphatic rings. The molecule has 1 atom stereocenters. The highest BCUT2D eigenvalue weighted by molar-refractivity contribution is 6.10. The minimum atomic E-state index is -0.352. The molecule has 30 heavy (non-hydrogen) atoms. The molecule has 2 aromatic rings. The molecule has 2 aliphatic heterocycles. The number of amides is 1. The van der Waals surface area contributed by atoms with Gasteiger partial charge in [-0.1, -0.05) is 25.0 Å². The number of imidazole rings is 1. The van der Waals surface area contributed by atoms with Crippen LogP contribution in [0.2, 0.25) is 0 Å². The Kier molecular flexibility index (Phi) is 4.97. The summed E-state index contributed by atoms with van der Waals surface area (Å²) >= 11 is 0. The lowest BCUT2D eigenvalue weighted by molar-refractivity contribution is -0.133. The average Bonchev–Trinajstić information content (AvgIpc) is 3.41. The number of hydrogen-bond donors (Lipinski definition) is 2. The van der Waals surface area contributed by atoms with Crippen LogP contribution in [-0.2, 0) is 11.3 Å². The zero-order valence-corrected chi connectivity index (χ0v) is 17.6. The molecular weight excluding hydrogens is 376 g/mol. The summed E-state index contributed by atoms with van der Waals surface area (Å²) in [5, 5.41) is 7.42. The molecule has 7 nitrogen and oxygen atoms in total. The van der Waals surface area contributed by atoms with Crippen molar-refractivity contribution in [2.75, 3.05) is 23.7 Å². The summed E-state index contributed by atoms with van der Waals surface area (Å²) in [6.07, 6.45) is 10.4. The van der Waals surface area contributed by atoms with Crippen molar-refractivity contribution in [2.24, 2.45) is 4.99 Å². The van der Waals surface area contributed by atoms with Crippen LogP contribution in [0, 0.1) is 6.92 Å². The largest absolute Gasteiger partial charge is 0.370 e. The van der Waals surface area contributed by atoms with Crippen LogP contribution in [-0.4, -0.2) is 50.9 Å². The lowest BCUT2D eigenvalue weighted by Crippen LogP contribution is -2.63. The van der Waals surface area contributed by atoms with Gasteiger partial charge in [0.2, 0.25) is 5.91 Å². The molecule has 0 bridgehead atoms. The van der Waals surface area contributed by atoms with Crippen molar-refractivity contribution in [2.45, 2.75) is 63.6 Å². The van der Waals surface area contributed by atoms with E-state index in [4.69, 9.17) is 4.99 Å². The number of hydrogen-bond acceptors (Lipinski definition) is 4. The van der Waals surface area contributed by atoms with Gasteiger partial charge in [0.05, 0.1) is 24.0 Å². The first-order valence-corrected chi connectivity index (χ1v) is 11.1. The lowest BCUT2D eigenvalue weighted by Gasteiger charge is -2.47. The summed E-state index contributed by atoms with van der Waals surface area (Å²) in [5.41, 5.74) is 1.80. The number of aromatic nitrogens is 2. The van der Waals surface area contributed by atoms with Crippen molar-refractivity contribution in [3.05, 3.63) is 42.5 Å². The van der Waals surface area contributed by atoms with Crippen LogP contribution in [0.1, 0.15) is 44.3 Å². The number of nitrogens with zero attached hydrogens (tertiary/aromatic N) is 4. The Morgan fingerprint density at radius 3 is 2.80 bits per heavy atom. The number of fused-ring (bicyclic) bond motifs is 1. The summed E-state index contributed by atoms with van der Waals surface area (Å²) in [6.45, 7) is 3.68. The number of carbonyl (C=O) groups is 1. The average molecular weight is 407 g/mol. The molecule has 0 radical (unpaired) electrons. The number of piperidine rings is 1. The van der Waals surface area contributed by atoms with Gasteiger partial charge in [0, 0.05) is 18.9 Å². The molecule has 1 amide bonds. The van der Waals surface area contributed by atoms with Gasteiger partial charge in [-0.3, -0.25) is 9.79 Å². The highest BCUT2D eigenvalue weighted by atomic mass is 16.2. The van der Waals surface area contributed by atoms with E-state index in [1.165, 1.54) is 12.8 Å². The van der Waals surface area contributed by atoms with E-state index in [2.05, 4.69) is 27.8 Å². The summed E-state index contributed by atoms with van der Waals surface area (Å²) in [7, 11) is 0. The van der Waals surface area contributed by atoms with Gasteiger partial charge in [-0.05, 0) is 44.7 Å². The third-order valence-corrected chi connectivity index (χ3v) is 6.72. The van der Waals surface area contributed by atoms with Crippen molar-refractivity contribution in [1.82, 2.24) is 14.5 Å². The number of nitrogens with one attached hydrogen (secondary N) is 2. The number of para-hydroxylation sites is 2. The lowest BCUT2D eigenvalue weighted by atomic mass is 9.85. The number of anilines is 2. The van der Waals surface area contributed by atoms with Crippen molar-refractivity contribution in [3.8, 4) is 0 Å². The Labute approximate surface area is 177 Å². The van der Waals surface area contributed by atoms with Crippen LogP contribution in [0.15, 0.2) is 41.7 Å². The van der Waals surface area contributed by atoms with Gasteiger partial charge in [0.1, 0.15) is 23.7 Å². The van der Waals surface area contributed by atoms with E-state index in [1.807, 2.05) is 34.7 Å². The van der Waals surface area contributed by atoms with Crippen LogP contribution < -0.4 is 10.6 Å². The molecule has 3 heterocycles. The molecule has 1 spiro atoms. The predicted molar refractivity (Wildman–Crippen MR) is 119 cm³/mol. The number of aliphatic imine (C=N–C) groups is 1. The Balaban J connectivity index is 1.43. The fourth-order valence-corrected chi connectivity index (χ4v) is 5.02. The van der Waals surface area contributed by atoms with E-state index in [1.54, 1.807) is 6.20 Å². The molecule has 1 saturated carbocycles. The van der Waals surface area contributed by atoms with Crippen molar-refractivity contribution in [3.63, 3.8) is 0 Å². The van der Waals surface area contributed by atoms with Crippen LogP contribution in [0.25, 0.3) is 0 Å². The molecule has 158 valence electrons. The summed E-state index contributed by atoms with van der Waals surface area (Å²) in [4.78, 5) is 24.6. The molecule has 7 heteroatoms. The van der Waals surface area contributed by atoms with Crippen molar-refractivity contribution < 1.29 is 4.79 Å². The Bertz CT molecular complexity index is 960. The highest BCUT2D eigenvalue weighted by Gasteiger charge is 2.44. The molecule has 5 rings (SSSR count). The molecule has 2 fully saturated rings. The number of carbonyl (C=O) groups excluding carboxylic acids is 1. The smallest absolute Gasteiger partial charge is 0.242 e. The number of benzene rings is 1. The minimum absolute atomic E-state index is 0.135. The molecule has 1 aromatic heterocycles. The Morgan fingerprint density at radius 2 is 2.03 bits per heavy atom. The van der Waals surface area contributed by atoms with Crippen LogP contribution in [0.3, 0.4) is 0 Å². The molecule has 1 aromatic carbocycles. The fourth-order valence-electron chi connectivity index (χ4n) is 5.02. The highest BCUT2D eigenvalue weighted by Crippen LogP contribution is 2.37. The van der Waals surface area contributed by atoms with E-state index in [0.29, 0.717) is 19.1 Å². The monoisotopic (exact) mass is 406 g/mol. The van der Waals surface area contributed by atoms with Gasteiger partial charge >= 0.3 is 0 Å². The van der Waals surface area contributed by atoms with Gasteiger partial charge in [0.25, 0.3) is 0 Å². The summed E-state index contributed by atoms with van der Waals surface area (Å²) in [6, 6.07) is 8.67. The summed E-state index contributed by atoms with van der Waals surface area (Å²) in [5.74, 6) is 2.01. The van der Waals surface area contributed by atoms with Crippen LogP contribution in [0.4, 0.5) is 11.4 Å². The maximum absolute atomic E-state index is 13.1. The quantitative estimate of drug-likeness (QED) is 0.819. The van der Waals surface area contributed by atoms with Crippen molar-refractivity contribution in [1.29, 1.82) is 0 Å². The minimum Gasteiger partial charge on any atom is -0.370 e. The third kappa shape index (κ3) is 3.57. The SMILES string of the molecule is Cc1nccn1CC(=O)N1CCCC2(C1)Nc1ccccc1NC2=NC1CCCC1. The number of aryl methyl sites for hydroxylation is 1. The van der Waals surface area contributed by atoms with E-state index in [0.717, 1.165) is 55.3 Å². The molecule has 2 N–H and O–H groups in total. The van der Waals surface area contributed by atoms with E-state index in [-0.39, 0.29) is 11.4 Å². The zero-order valence-electron chi connectivity index (χ0n) is 17.6. The molecular formula is C23H30N6O. The van der Waals surface area contributed by atoms with E-state index >= 15 is 0 Å². The molecule has 1 unspecified atom stereocenters. The van der Waals surface area contributed by atoms with Crippen LogP contribution >= 0.6 is 0 Å². The van der Waals surface area contributed by atoms with Crippen molar-refractivity contribution >= 4 is 23.1 Å². The number of amidine groups is 1. The van der Waals surface area contributed by atoms with Gasteiger partial charge in [-0.25, -0.2) is 4.98 Å². The molecule has 1 aliphatic carbocycles. The Morgan fingerprint density at radius 1 is 1.23 bits per heavy atom. The third-order valence-electron chi connectivity index (χ3n) is 6.72. The summed E-state index contributed by atoms with van der Waals surface area (Å²) < 4.78 is 1.92. The second-order valence-corrected chi connectivity index (χ2v) is 8.81. The first kappa shape index (κ1) is 19.2. The van der Waals surface area contributed by atoms with Gasteiger partial charge < -0.3 is 20.1 Å². The number of likely N-dealkylation sites (tertiary alicyclic amines) is 1. The maximum Gasteiger partial charge on any atom is 0.242 e. The fraction of sp³-hybridized carbons (Fsp3) is 0.522. The first-order chi connectivity index (χ1) is 14.6. The topological polar surface area (TPSA) is 74.6 Å². The normalized spacial score (nSPS) is 25.2. The van der Waals surface area contributed by atoms with Crippen LogP contribution in [0.5, 0.6) is 0 Å². The molecule has 1 saturated heterocycles. The Hall–Kier alpha value is -2.83. The second kappa shape index (κ2) is 7.78. The number of rotatable bonds is 3. The zero-order chi connectivity index (χ0) is 20.6. The first-order valence-electron chi connectivity index (χ1n) is 11.1. The van der Waals surface area contributed by atoms with E-state index < -0.39 is 0 Å². The van der Waals surface area contributed by atoms with Gasteiger partial charge in [-0.2, -0.15) is 0 Å². The standard InChI is InChI=1S/C23H30N6O/c1-17-24-12-14-28(17)15-21(30)29-13-6-11-23(16-29)22(25-18-7-2-3-8-18)26-19-9-4-5-10-20(19)27-23/h4-5,9-10,12,14,18,27H,2-3,6-8,11,13,15-16H2,1H3,(H,25,26). The van der Waals surface area contributed by atoms with Gasteiger partial charge in [-0.15, -0.1) is 0 Å².